The Hall–Kier alpha value is -1.21. The van der Waals surface area contributed by atoms with E-state index in [-0.39, 0.29) is 18.9 Å². The first-order valence-corrected chi connectivity index (χ1v) is 34.3. The van der Waals surface area contributed by atoms with E-state index in [9.17, 15) is 61.0 Å². The summed E-state index contributed by atoms with van der Waals surface area (Å²) >= 11 is 0. The molecule has 3 aliphatic rings. The quantitative estimate of drug-likeness (QED) is 0.0255. The minimum atomic E-state index is -1.97. The van der Waals surface area contributed by atoms with E-state index < -0.39 is 124 Å². The van der Waals surface area contributed by atoms with E-state index in [1.165, 1.54) is 199 Å². The number of amides is 1. The Bertz CT molecular complexity index is 1540. The molecule has 0 aromatic rings. The molecule has 0 spiro atoms. The summed E-state index contributed by atoms with van der Waals surface area (Å²) in [5.74, 6) is -0.236. The zero-order valence-electron chi connectivity index (χ0n) is 52.4. The summed E-state index contributed by atoms with van der Waals surface area (Å²) < 4.78 is 34.4. The zero-order chi connectivity index (χ0) is 61.2. The highest BCUT2D eigenvalue weighted by Gasteiger charge is 2.53. The highest BCUT2D eigenvalue weighted by Crippen LogP contribution is 2.33. The average molecular weight is 1210 g/mol. The van der Waals surface area contributed by atoms with Crippen molar-refractivity contribution in [2.75, 3.05) is 26.4 Å². The molecule has 17 unspecified atom stereocenters. The van der Waals surface area contributed by atoms with Gasteiger partial charge < -0.3 is 89.9 Å². The SMILES string of the molecule is CCCCCCCCCCCCCCCCCCCCCCCCCCCC(=O)NC(COC1OC(CO)C(OC2OC(CO)C(OC3OC(CO)C(O)C(O)C3O)C(O)C2O)C(O)C1O)C(O)CCCCCCCCCCCCCCCC. The van der Waals surface area contributed by atoms with E-state index in [1.54, 1.807) is 0 Å². The largest absolute Gasteiger partial charge is 0.394 e. The van der Waals surface area contributed by atoms with Crippen molar-refractivity contribution in [2.45, 2.75) is 381 Å². The molecule has 0 radical (unpaired) electrons. The summed E-state index contributed by atoms with van der Waals surface area (Å²) in [5, 5.41) is 121. The maximum absolute atomic E-state index is 13.4. The monoisotopic (exact) mass is 1210 g/mol. The van der Waals surface area contributed by atoms with Gasteiger partial charge in [0, 0.05) is 6.42 Å². The number of carbonyl (C=O) groups excluding carboxylic acids is 1. The second-order valence-corrected chi connectivity index (χ2v) is 25.0. The minimum Gasteiger partial charge on any atom is -0.394 e. The summed E-state index contributed by atoms with van der Waals surface area (Å²) in [4.78, 5) is 13.4. The van der Waals surface area contributed by atoms with E-state index in [4.69, 9.17) is 28.4 Å². The standard InChI is InChI=1S/C65H125NO18/c1-3-5-7-9-11-13-15-17-19-20-21-22-23-24-25-26-27-28-29-31-33-35-37-39-41-43-53(71)66-48(49(70)42-40-38-36-34-32-30-18-16-14-12-10-8-6-4-2)47-79-63-59(77)56(74)61(51(45-68)81-63)84-65-60(78)57(75)62(52(46-69)82-65)83-64-58(76)55(73)54(72)50(44-67)80-64/h48-52,54-65,67-70,72-78H,3-47H2,1-2H3,(H,66,71). The average Bonchev–Trinajstić information content (AvgIpc) is 3.68. The highest BCUT2D eigenvalue weighted by atomic mass is 16.8. The molecule has 1 amide bonds. The van der Waals surface area contributed by atoms with Crippen LogP contribution in [0.3, 0.4) is 0 Å². The van der Waals surface area contributed by atoms with Gasteiger partial charge >= 0.3 is 0 Å². The van der Waals surface area contributed by atoms with Crippen LogP contribution in [0.15, 0.2) is 0 Å². The third kappa shape index (κ3) is 31.0. The summed E-state index contributed by atoms with van der Waals surface area (Å²) in [6, 6.07) is -0.881. The number of nitrogens with one attached hydrogen (secondary N) is 1. The maximum Gasteiger partial charge on any atom is 0.220 e. The minimum absolute atomic E-state index is 0.236. The second-order valence-electron chi connectivity index (χ2n) is 25.0. The fourth-order valence-corrected chi connectivity index (χ4v) is 12.1. The van der Waals surface area contributed by atoms with E-state index in [2.05, 4.69) is 19.2 Å². The van der Waals surface area contributed by atoms with Gasteiger partial charge in [-0.05, 0) is 12.8 Å². The molecule has 19 nitrogen and oxygen atoms in total. The molecule has 0 aromatic carbocycles. The number of aliphatic hydroxyl groups is 11. The van der Waals surface area contributed by atoms with Crippen LogP contribution in [0.25, 0.3) is 0 Å². The van der Waals surface area contributed by atoms with Gasteiger partial charge in [0.15, 0.2) is 18.9 Å². The normalized spacial score (nSPS) is 29.1. The molecule has 3 saturated heterocycles. The van der Waals surface area contributed by atoms with Crippen LogP contribution in [0.5, 0.6) is 0 Å². The van der Waals surface area contributed by atoms with Gasteiger partial charge in [0.25, 0.3) is 0 Å². The van der Waals surface area contributed by atoms with Crippen LogP contribution in [-0.2, 0) is 33.2 Å². The van der Waals surface area contributed by atoms with Gasteiger partial charge in [-0.3, -0.25) is 4.79 Å². The third-order valence-corrected chi connectivity index (χ3v) is 17.7. The van der Waals surface area contributed by atoms with Crippen molar-refractivity contribution in [1.29, 1.82) is 0 Å². The van der Waals surface area contributed by atoms with Gasteiger partial charge in [-0.15, -0.1) is 0 Å². The smallest absolute Gasteiger partial charge is 0.220 e. The predicted octanol–water partition coefficient (Wildman–Crippen LogP) is 8.33. The van der Waals surface area contributed by atoms with Crippen molar-refractivity contribution in [2.24, 2.45) is 0 Å². The van der Waals surface area contributed by atoms with Crippen LogP contribution in [0.2, 0.25) is 0 Å². The fraction of sp³-hybridized carbons (Fsp3) is 0.985. The Kier molecular flexibility index (Phi) is 44.6. The number of unbranched alkanes of at least 4 members (excludes halogenated alkanes) is 37. The van der Waals surface area contributed by atoms with Crippen molar-refractivity contribution < 1.29 is 89.4 Å². The molecular weight excluding hydrogens is 1080 g/mol. The van der Waals surface area contributed by atoms with Crippen LogP contribution < -0.4 is 5.32 Å². The summed E-state index contributed by atoms with van der Waals surface area (Å²) in [6.45, 7) is 1.83. The second kappa shape index (κ2) is 48.6. The lowest BCUT2D eigenvalue weighted by Crippen LogP contribution is -2.66. The Labute approximate surface area is 506 Å². The Morgan fingerprint density at radius 1 is 0.381 bits per heavy atom. The van der Waals surface area contributed by atoms with Crippen LogP contribution in [0.4, 0.5) is 0 Å². The molecule has 19 heteroatoms. The molecule has 0 aliphatic carbocycles. The number of hydrogen-bond acceptors (Lipinski definition) is 18. The molecule has 0 bridgehead atoms. The first kappa shape index (κ1) is 77.0. The molecule has 12 N–H and O–H groups in total. The highest BCUT2D eigenvalue weighted by molar-refractivity contribution is 5.76. The first-order chi connectivity index (χ1) is 40.8. The molecule has 3 rings (SSSR count). The van der Waals surface area contributed by atoms with E-state index in [0.29, 0.717) is 12.8 Å². The molecular formula is C65H125NO18. The van der Waals surface area contributed by atoms with Crippen LogP contribution in [0, 0.1) is 0 Å². The van der Waals surface area contributed by atoms with Gasteiger partial charge in [0.1, 0.15) is 73.2 Å². The molecule has 498 valence electrons. The number of hydrogen-bond donors (Lipinski definition) is 12. The number of rotatable bonds is 53. The topological polar surface area (TPSA) is 307 Å². The fourth-order valence-electron chi connectivity index (χ4n) is 12.1. The molecule has 84 heavy (non-hydrogen) atoms. The maximum atomic E-state index is 13.4. The Morgan fingerprint density at radius 2 is 0.679 bits per heavy atom. The first-order valence-electron chi connectivity index (χ1n) is 34.3. The van der Waals surface area contributed by atoms with Gasteiger partial charge in [-0.1, -0.05) is 258 Å². The summed E-state index contributed by atoms with van der Waals surface area (Å²) in [5.41, 5.74) is 0. The van der Waals surface area contributed by atoms with Gasteiger partial charge in [0.05, 0.1) is 38.6 Å². The summed E-state index contributed by atoms with van der Waals surface area (Å²) in [7, 11) is 0. The number of carbonyl (C=O) groups is 1. The number of ether oxygens (including phenoxy) is 6. The lowest BCUT2D eigenvalue weighted by Gasteiger charge is -2.48. The predicted molar refractivity (Wildman–Crippen MR) is 324 cm³/mol. The van der Waals surface area contributed by atoms with Crippen molar-refractivity contribution >= 4 is 5.91 Å². The molecule has 3 heterocycles. The van der Waals surface area contributed by atoms with Crippen LogP contribution in [0.1, 0.15) is 277 Å². The van der Waals surface area contributed by atoms with Crippen molar-refractivity contribution in [3.05, 3.63) is 0 Å². The van der Waals surface area contributed by atoms with Crippen LogP contribution >= 0.6 is 0 Å². The van der Waals surface area contributed by atoms with Crippen molar-refractivity contribution in [3.8, 4) is 0 Å². The lowest BCUT2D eigenvalue weighted by atomic mass is 9.96. The molecule has 3 fully saturated rings. The van der Waals surface area contributed by atoms with Crippen molar-refractivity contribution in [1.82, 2.24) is 5.32 Å². The Balaban J connectivity index is 1.41. The van der Waals surface area contributed by atoms with E-state index >= 15 is 0 Å². The number of aliphatic hydroxyl groups excluding tert-OH is 11. The molecule has 3 aliphatic heterocycles. The van der Waals surface area contributed by atoms with E-state index in [1.807, 2.05) is 0 Å². The van der Waals surface area contributed by atoms with Gasteiger partial charge in [-0.2, -0.15) is 0 Å². The third-order valence-electron chi connectivity index (χ3n) is 17.7. The summed E-state index contributed by atoms with van der Waals surface area (Å²) in [6.07, 6.45) is 23.3. The molecule has 17 atom stereocenters. The van der Waals surface area contributed by atoms with Gasteiger partial charge in [0.2, 0.25) is 5.91 Å². The van der Waals surface area contributed by atoms with Gasteiger partial charge in [-0.25, -0.2) is 0 Å². The molecule has 0 saturated carbocycles. The zero-order valence-corrected chi connectivity index (χ0v) is 52.4. The van der Waals surface area contributed by atoms with Crippen LogP contribution in [-0.4, -0.2) is 193 Å². The molecule has 0 aromatic heterocycles. The van der Waals surface area contributed by atoms with E-state index in [0.717, 1.165) is 44.9 Å². The Morgan fingerprint density at radius 3 is 1.04 bits per heavy atom. The van der Waals surface area contributed by atoms with Crippen molar-refractivity contribution in [3.63, 3.8) is 0 Å². The lowest BCUT2D eigenvalue weighted by molar-refractivity contribution is -0.379.